The number of nitrogens with two attached hydrogens (primary N) is 1. The van der Waals surface area contributed by atoms with Gasteiger partial charge >= 0.3 is 9.28 Å². The fourth-order valence-electron chi connectivity index (χ4n) is 0.723. The Balaban J connectivity index is 3.30. The highest BCUT2D eigenvalue weighted by molar-refractivity contribution is 6.44. The van der Waals surface area contributed by atoms with Gasteiger partial charge in [0.2, 0.25) is 0 Å². The van der Waals surface area contributed by atoms with Crippen LogP contribution in [0.5, 0.6) is 0 Å². The molecule has 0 heterocycles. The SMILES string of the molecule is CCO[SiH](CCN)OCC. The first-order chi connectivity index (χ1) is 4.85. The molecule has 0 atom stereocenters. The third-order valence-corrected chi connectivity index (χ3v) is 3.32. The molecule has 0 aliphatic carbocycles. The first kappa shape index (κ1) is 10.1. The molecule has 3 nitrogen and oxygen atoms in total. The Hall–Kier alpha value is 0.0969. The molecule has 0 bridgehead atoms. The first-order valence-corrected chi connectivity index (χ1v) is 5.54. The van der Waals surface area contributed by atoms with E-state index < -0.39 is 9.28 Å². The number of hydrogen-bond donors (Lipinski definition) is 1. The van der Waals surface area contributed by atoms with Gasteiger partial charge in [-0.05, 0) is 20.4 Å². The van der Waals surface area contributed by atoms with Crippen LogP contribution in [0.4, 0.5) is 0 Å². The van der Waals surface area contributed by atoms with Gasteiger partial charge < -0.3 is 14.6 Å². The summed E-state index contributed by atoms with van der Waals surface area (Å²) in [5.74, 6) is 0. The molecular weight excluding hydrogens is 146 g/mol. The highest BCUT2D eigenvalue weighted by Gasteiger charge is 2.09. The quantitative estimate of drug-likeness (QED) is 0.570. The van der Waals surface area contributed by atoms with E-state index in [0.717, 1.165) is 19.3 Å². The molecule has 0 radical (unpaired) electrons. The van der Waals surface area contributed by atoms with Gasteiger partial charge in [0, 0.05) is 19.3 Å². The van der Waals surface area contributed by atoms with Crippen LogP contribution in [0, 0.1) is 0 Å². The molecule has 10 heavy (non-hydrogen) atoms. The van der Waals surface area contributed by atoms with Crippen LogP contribution in [-0.4, -0.2) is 29.0 Å². The second kappa shape index (κ2) is 7.21. The van der Waals surface area contributed by atoms with Crippen molar-refractivity contribution >= 4 is 9.28 Å². The molecular formula is C6H17NO2Si. The fraction of sp³-hybridized carbons (Fsp3) is 1.00. The summed E-state index contributed by atoms with van der Waals surface area (Å²) in [4.78, 5) is 0. The van der Waals surface area contributed by atoms with E-state index in [0.29, 0.717) is 6.54 Å². The summed E-state index contributed by atoms with van der Waals surface area (Å²) in [6.07, 6.45) is 0. The van der Waals surface area contributed by atoms with Crippen LogP contribution in [0.2, 0.25) is 6.04 Å². The average Bonchev–Trinajstić information content (AvgIpc) is 1.90. The molecule has 0 unspecified atom stereocenters. The molecule has 4 heteroatoms. The second-order valence-electron chi connectivity index (χ2n) is 1.92. The van der Waals surface area contributed by atoms with Crippen molar-refractivity contribution in [3.63, 3.8) is 0 Å². The molecule has 0 spiro atoms. The normalized spacial score (nSPS) is 10.8. The van der Waals surface area contributed by atoms with Crippen molar-refractivity contribution in [2.45, 2.75) is 19.9 Å². The highest BCUT2D eigenvalue weighted by Crippen LogP contribution is 1.94. The van der Waals surface area contributed by atoms with Gasteiger partial charge in [-0.25, -0.2) is 0 Å². The second-order valence-corrected chi connectivity index (χ2v) is 4.02. The van der Waals surface area contributed by atoms with Crippen molar-refractivity contribution in [1.82, 2.24) is 0 Å². The van der Waals surface area contributed by atoms with Gasteiger partial charge in [0.15, 0.2) is 0 Å². The van der Waals surface area contributed by atoms with Crippen LogP contribution in [-0.2, 0) is 8.85 Å². The van der Waals surface area contributed by atoms with Gasteiger partial charge in [0.1, 0.15) is 0 Å². The topological polar surface area (TPSA) is 44.5 Å². The first-order valence-electron chi connectivity index (χ1n) is 3.78. The van der Waals surface area contributed by atoms with Crippen molar-refractivity contribution in [3.8, 4) is 0 Å². The third kappa shape index (κ3) is 4.93. The molecule has 0 amide bonds. The minimum atomic E-state index is -1.36. The Bertz CT molecular complexity index is 58.5. The van der Waals surface area contributed by atoms with Crippen LogP contribution in [0.3, 0.4) is 0 Å². The molecule has 0 saturated heterocycles. The van der Waals surface area contributed by atoms with Crippen LogP contribution >= 0.6 is 0 Å². The highest BCUT2D eigenvalue weighted by atomic mass is 28.3. The van der Waals surface area contributed by atoms with E-state index in [1.54, 1.807) is 0 Å². The van der Waals surface area contributed by atoms with Gasteiger partial charge in [-0.2, -0.15) is 0 Å². The van der Waals surface area contributed by atoms with Gasteiger partial charge in [0.25, 0.3) is 0 Å². The Morgan fingerprint density at radius 2 is 1.70 bits per heavy atom. The summed E-state index contributed by atoms with van der Waals surface area (Å²) in [7, 11) is -1.36. The van der Waals surface area contributed by atoms with E-state index in [1.807, 2.05) is 13.8 Å². The predicted molar refractivity (Wildman–Crippen MR) is 44.3 cm³/mol. The molecule has 0 fully saturated rings. The van der Waals surface area contributed by atoms with Crippen molar-refractivity contribution in [2.75, 3.05) is 19.8 Å². The average molecular weight is 163 g/mol. The maximum atomic E-state index is 5.36. The minimum Gasteiger partial charge on any atom is -0.397 e. The van der Waals surface area contributed by atoms with Crippen molar-refractivity contribution < 1.29 is 8.85 Å². The zero-order chi connectivity index (χ0) is 7.82. The maximum Gasteiger partial charge on any atom is 0.322 e. The molecule has 62 valence electrons. The maximum absolute atomic E-state index is 5.36. The molecule has 0 aromatic carbocycles. The standard InChI is InChI=1S/C6H17NO2Si/c1-3-8-10(6-5-7)9-4-2/h10H,3-7H2,1-2H3. The molecule has 0 aliphatic rings. The summed E-state index contributed by atoms with van der Waals surface area (Å²) < 4.78 is 10.7. The lowest BCUT2D eigenvalue weighted by molar-refractivity contribution is 0.214. The van der Waals surface area contributed by atoms with Crippen molar-refractivity contribution in [1.29, 1.82) is 0 Å². The summed E-state index contributed by atoms with van der Waals surface area (Å²) >= 11 is 0. The van der Waals surface area contributed by atoms with E-state index in [2.05, 4.69) is 0 Å². The predicted octanol–water partition coefficient (Wildman–Crippen LogP) is 0.239. The van der Waals surface area contributed by atoms with E-state index in [1.165, 1.54) is 0 Å². The zero-order valence-corrected chi connectivity index (χ0v) is 7.95. The van der Waals surface area contributed by atoms with Crippen LogP contribution < -0.4 is 5.73 Å². The van der Waals surface area contributed by atoms with E-state index >= 15 is 0 Å². The Morgan fingerprint density at radius 3 is 2.00 bits per heavy atom. The summed E-state index contributed by atoms with van der Waals surface area (Å²) in [5.41, 5.74) is 5.36. The Morgan fingerprint density at radius 1 is 1.20 bits per heavy atom. The Labute approximate surface area is 64.4 Å². The third-order valence-electron chi connectivity index (χ3n) is 1.11. The lowest BCUT2D eigenvalue weighted by atomic mass is 10.8. The molecule has 0 rings (SSSR count). The molecule has 0 aromatic heterocycles. The molecule has 2 N–H and O–H groups in total. The molecule has 0 aromatic rings. The van der Waals surface area contributed by atoms with Crippen LogP contribution in [0.1, 0.15) is 13.8 Å². The molecule has 0 saturated carbocycles. The van der Waals surface area contributed by atoms with Gasteiger partial charge in [-0.15, -0.1) is 0 Å². The summed E-state index contributed by atoms with van der Waals surface area (Å²) in [5, 5.41) is 0. The summed E-state index contributed by atoms with van der Waals surface area (Å²) in [6.45, 7) is 6.13. The monoisotopic (exact) mass is 163 g/mol. The zero-order valence-electron chi connectivity index (χ0n) is 6.80. The Kier molecular flexibility index (Phi) is 7.28. The fourth-order valence-corrected chi connectivity index (χ4v) is 2.17. The van der Waals surface area contributed by atoms with Gasteiger partial charge in [0.05, 0.1) is 0 Å². The lowest BCUT2D eigenvalue weighted by Crippen LogP contribution is -2.25. The molecule has 0 aliphatic heterocycles. The number of rotatable bonds is 6. The van der Waals surface area contributed by atoms with Crippen molar-refractivity contribution in [3.05, 3.63) is 0 Å². The van der Waals surface area contributed by atoms with Gasteiger partial charge in [-0.1, -0.05) is 0 Å². The van der Waals surface area contributed by atoms with E-state index in [-0.39, 0.29) is 0 Å². The number of hydrogen-bond acceptors (Lipinski definition) is 3. The minimum absolute atomic E-state index is 0.677. The van der Waals surface area contributed by atoms with Gasteiger partial charge in [-0.3, -0.25) is 0 Å². The van der Waals surface area contributed by atoms with Crippen LogP contribution in [0.25, 0.3) is 0 Å². The smallest absolute Gasteiger partial charge is 0.322 e. The van der Waals surface area contributed by atoms with Crippen LogP contribution in [0.15, 0.2) is 0 Å². The van der Waals surface area contributed by atoms with E-state index in [4.69, 9.17) is 14.6 Å². The van der Waals surface area contributed by atoms with Crippen molar-refractivity contribution in [2.24, 2.45) is 5.73 Å². The lowest BCUT2D eigenvalue weighted by Gasteiger charge is -2.12. The summed E-state index contributed by atoms with van der Waals surface area (Å²) in [6, 6.07) is 0.918. The van der Waals surface area contributed by atoms with E-state index in [9.17, 15) is 0 Å². The largest absolute Gasteiger partial charge is 0.397 e.